The summed E-state index contributed by atoms with van der Waals surface area (Å²) in [5.74, 6) is -0.326. The van der Waals surface area contributed by atoms with Gasteiger partial charge in [-0.05, 0) is 27.2 Å². The van der Waals surface area contributed by atoms with Crippen molar-refractivity contribution in [2.45, 2.75) is 50.8 Å². The molecule has 1 atom stereocenters. The third-order valence-electron chi connectivity index (χ3n) is 3.21. The van der Waals surface area contributed by atoms with Gasteiger partial charge in [0.15, 0.2) is 0 Å². The molecule has 2 rings (SSSR count). The first kappa shape index (κ1) is 14.3. The lowest BCUT2D eigenvalue weighted by atomic mass is 9.91. The van der Waals surface area contributed by atoms with E-state index in [4.69, 9.17) is 9.47 Å². The van der Waals surface area contributed by atoms with Crippen LogP contribution < -0.4 is 10.6 Å². The minimum Gasteiger partial charge on any atom is -0.460 e. The molecule has 0 aliphatic carbocycles. The van der Waals surface area contributed by atoms with Crippen LogP contribution in [0.1, 0.15) is 33.6 Å². The smallest absolute Gasteiger partial charge is 0.306 e. The predicted octanol–water partition coefficient (Wildman–Crippen LogP) is -0.0347. The van der Waals surface area contributed by atoms with E-state index in [2.05, 4.69) is 10.6 Å². The van der Waals surface area contributed by atoms with Crippen molar-refractivity contribution in [3.8, 4) is 0 Å². The third kappa shape index (κ3) is 3.67. The molecule has 19 heavy (non-hydrogen) atoms. The summed E-state index contributed by atoms with van der Waals surface area (Å²) in [6, 6.07) is -0.342. The van der Waals surface area contributed by atoms with Crippen molar-refractivity contribution in [2.24, 2.45) is 0 Å². The lowest BCUT2D eigenvalue weighted by molar-refractivity contribution is -0.155. The molecule has 0 aromatic carbocycles. The largest absolute Gasteiger partial charge is 0.460 e. The maximum Gasteiger partial charge on any atom is 0.306 e. The average Bonchev–Trinajstić information content (AvgIpc) is 2.23. The van der Waals surface area contributed by atoms with Gasteiger partial charge < -0.3 is 14.8 Å². The summed E-state index contributed by atoms with van der Waals surface area (Å²) in [5.41, 5.74) is -0.616. The highest BCUT2D eigenvalue weighted by Gasteiger charge is 2.45. The van der Waals surface area contributed by atoms with E-state index in [1.165, 1.54) is 0 Å². The van der Waals surface area contributed by atoms with E-state index in [-0.39, 0.29) is 29.9 Å². The quantitative estimate of drug-likeness (QED) is 0.704. The topological polar surface area (TPSA) is 76.7 Å². The van der Waals surface area contributed by atoms with Gasteiger partial charge in [0.25, 0.3) is 0 Å². The molecule has 2 fully saturated rings. The predicted molar refractivity (Wildman–Crippen MR) is 68.6 cm³/mol. The monoisotopic (exact) mass is 270 g/mol. The third-order valence-corrected chi connectivity index (χ3v) is 3.21. The summed E-state index contributed by atoms with van der Waals surface area (Å²) in [6.45, 7) is 7.30. The highest BCUT2D eigenvalue weighted by molar-refractivity contribution is 5.83. The van der Waals surface area contributed by atoms with Gasteiger partial charge in [0.2, 0.25) is 5.91 Å². The van der Waals surface area contributed by atoms with E-state index in [0.29, 0.717) is 26.2 Å². The van der Waals surface area contributed by atoms with Crippen LogP contribution in [0.15, 0.2) is 0 Å². The number of ether oxygens (including phenoxy) is 2. The molecule has 1 spiro atoms. The molecular formula is C13H22N2O4. The van der Waals surface area contributed by atoms with Crippen LogP contribution in [0.3, 0.4) is 0 Å². The van der Waals surface area contributed by atoms with Gasteiger partial charge in [-0.2, -0.15) is 0 Å². The Bertz CT molecular complexity index is 371. The Morgan fingerprint density at radius 2 is 2.16 bits per heavy atom. The van der Waals surface area contributed by atoms with Gasteiger partial charge in [-0.1, -0.05) is 0 Å². The lowest BCUT2D eigenvalue weighted by Gasteiger charge is -2.47. The van der Waals surface area contributed by atoms with E-state index < -0.39 is 5.60 Å². The molecule has 2 aliphatic heterocycles. The fraction of sp³-hybridized carbons (Fsp3) is 0.846. The van der Waals surface area contributed by atoms with Crippen molar-refractivity contribution in [1.82, 2.24) is 10.6 Å². The molecule has 2 saturated heterocycles. The van der Waals surface area contributed by atoms with E-state index in [9.17, 15) is 9.59 Å². The number of rotatable bonds is 3. The summed E-state index contributed by atoms with van der Waals surface area (Å²) < 4.78 is 10.4. The van der Waals surface area contributed by atoms with Gasteiger partial charge in [0.05, 0.1) is 24.8 Å². The van der Waals surface area contributed by atoms with Crippen LogP contribution in [0.2, 0.25) is 0 Å². The summed E-state index contributed by atoms with van der Waals surface area (Å²) in [6.07, 6.45) is 0.682. The molecule has 6 heteroatoms. The standard InChI is InChI=1S/C13H22N2O4/c1-12(2,3)19-10(16)5-4-9-11(17)14-6-13(15-9)7-18-8-13/h9,15H,4-8H2,1-3H3,(H,14,17)/t9-/m0/s1. The molecule has 0 radical (unpaired) electrons. The first-order valence-corrected chi connectivity index (χ1v) is 6.65. The van der Waals surface area contributed by atoms with E-state index in [0.717, 1.165) is 0 Å². The summed E-state index contributed by atoms with van der Waals surface area (Å²) in [5, 5.41) is 6.15. The van der Waals surface area contributed by atoms with E-state index >= 15 is 0 Å². The number of carbonyl (C=O) groups excluding carboxylic acids is 2. The Morgan fingerprint density at radius 1 is 1.47 bits per heavy atom. The Kier molecular flexibility index (Phi) is 3.82. The summed E-state index contributed by atoms with van der Waals surface area (Å²) >= 11 is 0. The van der Waals surface area contributed by atoms with Gasteiger partial charge in [0.1, 0.15) is 5.60 Å². The maximum atomic E-state index is 11.8. The number of nitrogens with one attached hydrogen (secondary N) is 2. The molecular weight excluding hydrogens is 248 g/mol. The van der Waals surface area contributed by atoms with Crippen molar-refractivity contribution in [1.29, 1.82) is 0 Å². The maximum absolute atomic E-state index is 11.8. The van der Waals surface area contributed by atoms with Crippen LogP contribution in [-0.2, 0) is 19.1 Å². The van der Waals surface area contributed by atoms with Crippen LogP contribution in [0.4, 0.5) is 0 Å². The van der Waals surface area contributed by atoms with Crippen LogP contribution in [-0.4, -0.2) is 48.8 Å². The zero-order valence-electron chi connectivity index (χ0n) is 11.7. The van der Waals surface area contributed by atoms with Gasteiger partial charge >= 0.3 is 5.97 Å². The van der Waals surface area contributed by atoms with Crippen LogP contribution in [0.25, 0.3) is 0 Å². The first-order valence-electron chi connectivity index (χ1n) is 6.65. The molecule has 0 saturated carbocycles. The minimum absolute atomic E-state index is 0.0546. The Morgan fingerprint density at radius 3 is 2.68 bits per heavy atom. The van der Waals surface area contributed by atoms with Gasteiger partial charge in [-0.15, -0.1) is 0 Å². The molecule has 0 aromatic rings. The molecule has 6 nitrogen and oxygen atoms in total. The number of piperazine rings is 1. The Labute approximate surface area is 113 Å². The highest BCUT2D eigenvalue weighted by atomic mass is 16.6. The van der Waals surface area contributed by atoms with E-state index in [1.54, 1.807) is 0 Å². The molecule has 2 aliphatic rings. The van der Waals surface area contributed by atoms with E-state index in [1.807, 2.05) is 20.8 Å². The van der Waals surface area contributed by atoms with Crippen molar-refractivity contribution in [3.05, 3.63) is 0 Å². The first-order chi connectivity index (χ1) is 8.80. The molecule has 0 bridgehead atoms. The SMILES string of the molecule is CC(C)(C)OC(=O)CC[C@@H]1NC2(CNC1=O)COC2. The Balaban J connectivity index is 1.81. The van der Waals surface area contributed by atoms with Gasteiger partial charge in [-0.25, -0.2) is 0 Å². The fourth-order valence-electron chi connectivity index (χ4n) is 2.26. The number of amides is 1. The van der Waals surface area contributed by atoms with Crippen LogP contribution in [0, 0.1) is 0 Å². The zero-order chi connectivity index (χ0) is 14.1. The number of hydrogen-bond donors (Lipinski definition) is 2. The van der Waals surface area contributed by atoms with Crippen LogP contribution >= 0.6 is 0 Å². The second kappa shape index (κ2) is 5.09. The number of carbonyl (C=O) groups is 2. The lowest BCUT2D eigenvalue weighted by Crippen LogP contribution is -2.74. The molecule has 0 aromatic heterocycles. The summed E-state index contributed by atoms with van der Waals surface area (Å²) in [7, 11) is 0. The van der Waals surface area contributed by atoms with Crippen molar-refractivity contribution in [3.63, 3.8) is 0 Å². The molecule has 108 valence electrons. The molecule has 0 unspecified atom stereocenters. The van der Waals surface area contributed by atoms with Crippen LogP contribution in [0.5, 0.6) is 0 Å². The molecule has 2 heterocycles. The highest BCUT2D eigenvalue weighted by Crippen LogP contribution is 2.21. The number of esters is 1. The van der Waals surface area contributed by atoms with Gasteiger partial charge in [-0.3, -0.25) is 14.9 Å². The van der Waals surface area contributed by atoms with Crippen molar-refractivity contribution >= 4 is 11.9 Å². The minimum atomic E-state index is -0.484. The van der Waals surface area contributed by atoms with Crippen molar-refractivity contribution < 1.29 is 19.1 Å². The van der Waals surface area contributed by atoms with Gasteiger partial charge in [0, 0.05) is 13.0 Å². The summed E-state index contributed by atoms with van der Waals surface area (Å²) in [4.78, 5) is 23.4. The molecule has 2 N–H and O–H groups in total. The molecule has 1 amide bonds. The second-order valence-corrected chi connectivity index (χ2v) is 6.31. The average molecular weight is 270 g/mol. The normalized spacial score (nSPS) is 25.6. The number of hydrogen-bond acceptors (Lipinski definition) is 5. The fourth-order valence-corrected chi connectivity index (χ4v) is 2.26. The zero-order valence-corrected chi connectivity index (χ0v) is 11.7. The van der Waals surface area contributed by atoms with Crippen molar-refractivity contribution in [2.75, 3.05) is 19.8 Å². The Hall–Kier alpha value is -1.14. The second-order valence-electron chi connectivity index (χ2n) is 6.31.